The van der Waals surface area contributed by atoms with E-state index in [0.29, 0.717) is 18.6 Å². The summed E-state index contributed by atoms with van der Waals surface area (Å²) in [6.07, 6.45) is 6.63. The molecule has 0 bridgehead atoms. The van der Waals surface area contributed by atoms with Crippen LogP contribution in [0.5, 0.6) is 0 Å². The first-order chi connectivity index (χ1) is 21.0. The van der Waals surface area contributed by atoms with Crippen molar-refractivity contribution in [1.82, 2.24) is 0 Å². The molecule has 0 aromatic heterocycles. The zero-order valence-corrected chi connectivity index (χ0v) is 28.1. The molecular weight excluding hydrogens is 687 g/mol. The van der Waals surface area contributed by atoms with Crippen LogP contribution in [0.2, 0.25) is 0 Å². The van der Waals surface area contributed by atoms with E-state index in [-0.39, 0.29) is 23.4 Å². The van der Waals surface area contributed by atoms with Crippen molar-refractivity contribution in [1.29, 1.82) is 0 Å². The molecule has 2 aromatic rings. The summed E-state index contributed by atoms with van der Waals surface area (Å²) < 4.78 is 13.0. The fraction of sp³-hybridized carbons (Fsp3) is 0.500. The molecule has 0 amide bonds. The molecular formula is C36H39IO6S. The minimum Gasteiger partial charge on any atom is -0.393 e. The molecule has 9 atom stereocenters. The largest absolute Gasteiger partial charge is 0.393 e. The highest BCUT2D eigenvalue weighted by Crippen LogP contribution is 2.75. The average Bonchev–Trinajstić information content (AvgIpc) is 3.48. The van der Waals surface area contributed by atoms with E-state index in [1.54, 1.807) is 12.2 Å². The van der Waals surface area contributed by atoms with Gasteiger partial charge in [-0.2, -0.15) is 12.6 Å². The van der Waals surface area contributed by atoms with E-state index in [9.17, 15) is 19.8 Å². The molecule has 44 heavy (non-hydrogen) atoms. The van der Waals surface area contributed by atoms with Gasteiger partial charge in [0.05, 0.1) is 12.2 Å². The molecule has 232 valence electrons. The highest BCUT2D eigenvalue weighted by molar-refractivity contribution is 14.1. The van der Waals surface area contributed by atoms with Crippen LogP contribution in [0, 0.1) is 22.7 Å². The van der Waals surface area contributed by atoms with Crippen LogP contribution < -0.4 is 0 Å². The summed E-state index contributed by atoms with van der Waals surface area (Å²) in [6, 6.07) is 16.6. The van der Waals surface area contributed by atoms with Gasteiger partial charge in [-0.15, -0.1) is 0 Å². The van der Waals surface area contributed by atoms with E-state index in [1.807, 2.05) is 18.2 Å². The minimum absolute atomic E-state index is 0.00178. The van der Waals surface area contributed by atoms with Crippen molar-refractivity contribution < 1.29 is 29.3 Å². The Morgan fingerprint density at radius 2 is 1.70 bits per heavy atom. The molecule has 4 fully saturated rings. The van der Waals surface area contributed by atoms with Crippen molar-refractivity contribution in [2.45, 2.75) is 79.2 Å². The Labute approximate surface area is 277 Å². The van der Waals surface area contributed by atoms with Gasteiger partial charge in [0, 0.05) is 31.5 Å². The normalized spacial score (nSPS) is 40.5. The van der Waals surface area contributed by atoms with Crippen LogP contribution in [-0.4, -0.2) is 49.6 Å². The number of aliphatic hydroxyl groups excluding tert-OH is 2. The molecule has 4 aliphatic carbocycles. The number of aliphatic hydroxyl groups is 2. The number of halogens is 1. The van der Waals surface area contributed by atoms with Crippen LogP contribution in [0.3, 0.4) is 0 Å². The number of Topliss-reactive ketones (excluding diaryl/α,β-unsaturated/α-hetero) is 1. The highest BCUT2D eigenvalue weighted by atomic mass is 127. The van der Waals surface area contributed by atoms with Crippen molar-refractivity contribution in [2.24, 2.45) is 22.7 Å². The van der Waals surface area contributed by atoms with Crippen LogP contribution >= 0.6 is 35.2 Å². The number of hydrogen-bond donors (Lipinski definition) is 3. The van der Waals surface area contributed by atoms with E-state index in [2.05, 4.69) is 85.5 Å². The van der Waals surface area contributed by atoms with Crippen molar-refractivity contribution in [3.8, 4) is 0 Å². The van der Waals surface area contributed by atoms with Crippen molar-refractivity contribution >= 4 is 46.8 Å². The van der Waals surface area contributed by atoms with E-state index in [1.165, 1.54) is 11.1 Å². The van der Waals surface area contributed by atoms with Gasteiger partial charge in [-0.1, -0.05) is 96.6 Å². The molecule has 2 N–H and O–H groups in total. The van der Waals surface area contributed by atoms with Crippen molar-refractivity contribution in [3.63, 3.8) is 0 Å². The third kappa shape index (κ3) is 4.27. The molecule has 7 rings (SSSR count). The smallest absolute Gasteiger partial charge is 0.193 e. The summed E-state index contributed by atoms with van der Waals surface area (Å²) in [7, 11) is 0. The number of ketones is 2. The molecule has 1 aliphatic heterocycles. The first-order valence-corrected chi connectivity index (χ1v) is 17.3. The van der Waals surface area contributed by atoms with Crippen LogP contribution in [-0.2, 0) is 31.2 Å². The SMILES string of the molecule is C[C@]12C[C@H](O)[C@H]3[C@@H](CCC4=CC(=O)C=C[C@@]43C)[C@]1(I)C[C@H]1O[C@@H](c3ccc(Cc4ccc(CS)cc4)cc3)O[C@]12C(=O)CO. The summed E-state index contributed by atoms with van der Waals surface area (Å²) >= 11 is 6.89. The summed E-state index contributed by atoms with van der Waals surface area (Å²) in [5.74, 6) is 0.296. The van der Waals surface area contributed by atoms with Gasteiger partial charge in [-0.3, -0.25) is 9.59 Å². The zero-order valence-electron chi connectivity index (χ0n) is 25.0. The summed E-state index contributed by atoms with van der Waals surface area (Å²) in [4.78, 5) is 26.1. The zero-order chi connectivity index (χ0) is 31.1. The molecule has 8 heteroatoms. The molecule has 5 aliphatic rings. The lowest BCUT2D eigenvalue weighted by atomic mass is 9.46. The van der Waals surface area contributed by atoms with Crippen molar-refractivity contribution in [3.05, 3.63) is 94.6 Å². The van der Waals surface area contributed by atoms with E-state index < -0.39 is 45.0 Å². The van der Waals surface area contributed by atoms with Gasteiger partial charge in [0.15, 0.2) is 23.5 Å². The third-order valence-corrected chi connectivity index (χ3v) is 14.5. The lowest BCUT2D eigenvalue weighted by molar-refractivity contribution is -0.192. The number of thiol groups is 1. The Morgan fingerprint density at radius 1 is 1.05 bits per heavy atom. The molecule has 1 saturated heterocycles. The number of carbonyl (C=O) groups excluding carboxylic acids is 2. The molecule has 0 spiro atoms. The van der Waals surface area contributed by atoms with E-state index in [4.69, 9.17) is 9.47 Å². The predicted molar refractivity (Wildman–Crippen MR) is 179 cm³/mol. The number of rotatable bonds is 6. The maximum atomic E-state index is 13.9. The molecule has 0 unspecified atom stereocenters. The molecule has 0 radical (unpaired) electrons. The Balaban J connectivity index is 1.18. The second kappa shape index (κ2) is 10.9. The Morgan fingerprint density at radius 3 is 2.36 bits per heavy atom. The van der Waals surface area contributed by atoms with E-state index >= 15 is 0 Å². The van der Waals surface area contributed by atoms with Crippen LogP contribution in [0.15, 0.2) is 72.3 Å². The van der Waals surface area contributed by atoms with Crippen LogP contribution in [0.1, 0.15) is 68.1 Å². The number of fused-ring (bicyclic) bond motifs is 7. The van der Waals surface area contributed by atoms with Gasteiger partial charge in [-0.25, -0.2) is 0 Å². The number of ether oxygens (including phenoxy) is 2. The van der Waals surface area contributed by atoms with E-state index in [0.717, 1.165) is 36.0 Å². The summed E-state index contributed by atoms with van der Waals surface area (Å²) in [5.41, 5.74) is 2.87. The predicted octanol–water partition coefficient (Wildman–Crippen LogP) is 5.87. The summed E-state index contributed by atoms with van der Waals surface area (Å²) in [5, 5.41) is 22.2. The fourth-order valence-corrected chi connectivity index (χ4v) is 11.5. The van der Waals surface area contributed by atoms with Crippen molar-refractivity contribution in [2.75, 3.05) is 6.61 Å². The maximum absolute atomic E-state index is 13.9. The second-order valence-electron chi connectivity index (χ2n) is 13.8. The van der Waals surface area contributed by atoms with Gasteiger partial charge in [0.2, 0.25) is 0 Å². The molecule has 6 nitrogen and oxygen atoms in total. The standard InChI is InChI=1S/C36H39IO6S/c1-33-14-13-26(39)16-25(33)11-12-27-31(33)28(40)17-34(2)35(27,37)18-30-36(34,29(41)19-38)43-32(42-30)24-9-7-22(8-10-24)15-21-3-5-23(20-44)6-4-21/h3-10,13-14,16,27-28,30-32,38,40,44H,11-12,15,17-20H2,1-2H3/t27-,28+,30-,31-,32-,33+,34+,35-,36-/m1/s1. The molecule has 1 heterocycles. The third-order valence-electron chi connectivity index (χ3n) is 11.7. The minimum atomic E-state index is -1.39. The number of hydrogen-bond acceptors (Lipinski definition) is 7. The maximum Gasteiger partial charge on any atom is 0.193 e. The topological polar surface area (TPSA) is 93.1 Å². The molecule has 3 saturated carbocycles. The first kappa shape index (κ1) is 30.8. The average molecular weight is 727 g/mol. The molecule has 2 aromatic carbocycles. The number of alkyl halides is 1. The monoisotopic (exact) mass is 726 g/mol. The van der Waals surface area contributed by atoms with Gasteiger partial charge >= 0.3 is 0 Å². The fourth-order valence-electron chi connectivity index (χ4n) is 9.53. The number of allylic oxidation sites excluding steroid dienone is 4. The number of benzene rings is 2. The van der Waals surface area contributed by atoms with Gasteiger partial charge in [-0.05, 0) is 66.9 Å². The first-order valence-electron chi connectivity index (χ1n) is 15.6. The Kier molecular flexibility index (Phi) is 7.62. The van der Waals surface area contributed by atoms with Gasteiger partial charge in [0.1, 0.15) is 6.61 Å². The highest BCUT2D eigenvalue weighted by Gasteiger charge is 2.80. The summed E-state index contributed by atoms with van der Waals surface area (Å²) in [6.45, 7) is 3.55. The Bertz CT molecular complexity index is 1550. The number of carbonyl (C=O) groups is 2. The lowest BCUT2D eigenvalue weighted by Gasteiger charge is -2.63. The van der Waals surface area contributed by atoms with Gasteiger partial charge < -0.3 is 19.7 Å². The quantitative estimate of drug-likeness (QED) is 0.196. The second-order valence-corrected chi connectivity index (χ2v) is 16.1. The van der Waals surface area contributed by atoms with Crippen LogP contribution in [0.4, 0.5) is 0 Å². The Hall–Kier alpha value is -1.82. The van der Waals surface area contributed by atoms with Gasteiger partial charge in [0.25, 0.3) is 0 Å². The van der Waals surface area contributed by atoms with Crippen LogP contribution in [0.25, 0.3) is 0 Å². The lowest BCUT2D eigenvalue weighted by Crippen LogP contribution is -2.68.